The molecule has 136 valence electrons. The number of Topliss-reactive ketones (excluding diaryl/α,β-unsaturated/α-hetero) is 1. The normalized spacial score (nSPS) is 21.6. The van der Waals surface area contributed by atoms with Gasteiger partial charge in [-0.05, 0) is 30.2 Å². The first-order valence-electron chi connectivity index (χ1n) is 8.65. The highest BCUT2D eigenvalue weighted by molar-refractivity contribution is 9.10. The number of anilines is 2. The molecule has 2 atom stereocenters. The van der Waals surface area contributed by atoms with E-state index in [4.69, 9.17) is 10.2 Å². The number of nitrogens with zero attached hydrogens (tertiary/aromatic N) is 3. The summed E-state index contributed by atoms with van der Waals surface area (Å²) in [4.78, 5) is 17.5. The SMILES string of the molecule is Nc1nc2n(n1)[C@H](c1ccccc1Br)C1=C(C[C@H](c3ccco3)CC1=O)N2. The summed E-state index contributed by atoms with van der Waals surface area (Å²) in [5.74, 6) is 1.61. The molecule has 27 heavy (non-hydrogen) atoms. The van der Waals surface area contributed by atoms with Crippen molar-refractivity contribution in [2.45, 2.75) is 24.8 Å². The summed E-state index contributed by atoms with van der Waals surface area (Å²) < 4.78 is 8.14. The molecule has 0 radical (unpaired) electrons. The molecule has 2 aliphatic rings. The highest BCUT2D eigenvalue weighted by Crippen LogP contribution is 2.45. The van der Waals surface area contributed by atoms with E-state index in [1.165, 1.54) is 0 Å². The molecule has 1 aromatic carbocycles. The molecule has 0 bridgehead atoms. The van der Waals surface area contributed by atoms with Crippen molar-refractivity contribution in [3.63, 3.8) is 0 Å². The fourth-order valence-electron chi connectivity index (χ4n) is 3.94. The van der Waals surface area contributed by atoms with Gasteiger partial charge in [-0.2, -0.15) is 4.98 Å². The van der Waals surface area contributed by atoms with E-state index < -0.39 is 0 Å². The largest absolute Gasteiger partial charge is 0.469 e. The van der Waals surface area contributed by atoms with Gasteiger partial charge in [-0.3, -0.25) is 4.79 Å². The summed E-state index contributed by atoms with van der Waals surface area (Å²) in [5.41, 5.74) is 8.36. The highest BCUT2D eigenvalue weighted by Gasteiger charge is 2.40. The lowest BCUT2D eigenvalue weighted by Gasteiger charge is -2.34. The Balaban J connectivity index is 1.66. The Morgan fingerprint density at radius 1 is 1.22 bits per heavy atom. The van der Waals surface area contributed by atoms with Crippen LogP contribution in [0.1, 0.15) is 36.1 Å². The first kappa shape index (κ1) is 16.3. The van der Waals surface area contributed by atoms with Gasteiger partial charge in [0.2, 0.25) is 11.9 Å². The first-order valence-corrected chi connectivity index (χ1v) is 9.44. The number of nitrogens with two attached hydrogens (primary N) is 1. The van der Waals surface area contributed by atoms with Crippen LogP contribution in [0.3, 0.4) is 0 Å². The molecule has 0 unspecified atom stereocenters. The van der Waals surface area contributed by atoms with Crippen LogP contribution in [0, 0.1) is 0 Å². The molecule has 0 fully saturated rings. The number of aromatic nitrogens is 3. The lowest BCUT2D eigenvalue weighted by Crippen LogP contribution is -2.33. The minimum absolute atomic E-state index is 0.00503. The number of nitrogen functional groups attached to an aromatic ring is 1. The van der Waals surface area contributed by atoms with E-state index in [0.29, 0.717) is 24.4 Å². The molecule has 1 aliphatic heterocycles. The molecule has 7 nitrogen and oxygen atoms in total. The predicted molar refractivity (Wildman–Crippen MR) is 103 cm³/mol. The first-order chi connectivity index (χ1) is 13.1. The zero-order chi connectivity index (χ0) is 18.5. The van der Waals surface area contributed by atoms with Gasteiger partial charge >= 0.3 is 0 Å². The van der Waals surface area contributed by atoms with Crippen LogP contribution in [-0.2, 0) is 4.79 Å². The molecular weight excluding hydrogens is 410 g/mol. The quantitative estimate of drug-likeness (QED) is 0.650. The Labute approximate surface area is 163 Å². The second-order valence-electron chi connectivity index (χ2n) is 6.72. The second kappa shape index (κ2) is 6.09. The van der Waals surface area contributed by atoms with Gasteiger partial charge < -0.3 is 15.5 Å². The van der Waals surface area contributed by atoms with E-state index in [2.05, 4.69) is 31.3 Å². The molecule has 5 rings (SSSR count). The number of hydrogen-bond donors (Lipinski definition) is 2. The molecule has 0 amide bonds. The van der Waals surface area contributed by atoms with Gasteiger partial charge in [0.15, 0.2) is 5.78 Å². The second-order valence-corrected chi connectivity index (χ2v) is 7.58. The monoisotopic (exact) mass is 425 g/mol. The van der Waals surface area contributed by atoms with Crippen molar-refractivity contribution in [2.75, 3.05) is 11.1 Å². The fourth-order valence-corrected chi connectivity index (χ4v) is 4.44. The minimum atomic E-state index is -0.373. The van der Waals surface area contributed by atoms with E-state index in [9.17, 15) is 4.79 Å². The molecule has 8 heteroatoms. The average molecular weight is 426 g/mol. The Morgan fingerprint density at radius 2 is 2.07 bits per heavy atom. The maximum atomic E-state index is 13.2. The standard InChI is InChI=1S/C19H16BrN5O2/c20-12-5-2-1-4-11(12)17-16-13(22-19-23-18(21)24-25(17)19)8-10(9-14(16)26)15-6-3-7-27-15/h1-7,10,17H,8-9H2,(H3,21,22,23,24)/t10-,17+/m0/s1. The number of furan rings is 1. The van der Waals surface area contributed by atoms with Crippen LogP contribution in [0.15, 0.2) is 62.8 Å². The maximum Gasteiger partial charge on any atom is 0.241 e. The van der Waals surface area contributed by atoms with Gasteiger partial charge in [-0.15, -0.1) is 5.10 Å². The van der Waals surface area contributed by atoms with Crippen molar-refractivity contribution in [2.24, 2.45) is 0 Å². The van der Waals surface area contributed by atoms with E-state index in [-0.39, 0.29) is 23.7 Å². The van der Waals surface area contributed by atoms with Gasteiger partial charge in [-0.25, -0.2) is 4.68 Å². The van der Waals surface area contributed by atoms with Crippen LogP contribution in [-0.4, -0.2) is 20.5 Å². The fraction of sp³-hybridized carbons (Fsp3) is 0.211. The Hall–Kier alpha value is -2.87. The van der Waals surface area contributed by atoms with Crippen LogP contribution < -0.4 is 11.1 Å². The van der Waals surface area contributed by atoms with Gasteiger partial charge in [0.1, 0.15) is 11.8 Å². The smallest absolute Gasteiger partial charge is 0.241 e. The zero-order valence-corrected chi connectivity index (χ0v) is 15.8. The van der Waals surface area contributed by atoms with Crippen molar-refractivity contribution in [1.29, 1.82) is 0 Å². The van der Waals surface area contributed by atoms with Crippen LogP contribution in [0.4, 0.5) is 11.9 Å². The van der Waals surface area contributed by atoms with Gasteiger partial charge in [0.05, 0.1) is 6.26 Å². The van der Waals surface area contributed by atoms with Crippen molar-refractivity contribution < 1.29 is 9.21 Å². The third kappa shape index (κ3) is 2.59. The summed E-state index contributed by atoms with van der Waals surface area (Å²) in [5, 5.41) is 7.61. The van der Waals surface area contributed by atoms with Crippen LogP contribution in [0.2, 0.25) is 0 Å². The molecule has 2 aromatic heterocycles. The molecule has 3 N–H and O–H groups in total. The number of hydrogen-bond acceptors (Lipinski definition) is 6. The molecule has 0 saturated carbocycles. The zero-order valence-electron chi connectivity index (χ0n) is 14.2. The van der Waals surface area contributed by atoms with Crippen LogP contribution in [0.5, 0.6) is 0 Å². The van der Waals surface area contributed by atoms with Gasteiger partial charge in [0.25, 0.3) is 0 Å². The number of rotatable bonds is 2. The van der Waals surface area contributed by atoms with Crippen molar-refractivity contribution in [3.8, 4) is 0 Å². The van der Waals surface area contributed by atoms with E-state index in [1.807, 2.05) is 36.4 Å². The number of ketones is 1. The summed E-state index contributed by atoms with van der Waals surface area (Å²) >= 11 is 3.61. The Kier molecular flexibility index (Phi) is 3.68. The Bertz CT molecular complexity index is 1070. The van der Waals surface area contributed by atoms with Crippen LogP contribution in [0.25, 0.3) is 0 Å². The lowest BCUT2D eigenvalue weighted by atomic mass is 9.79. The molecule has 0 spiro atoms. The maximum absolute atomic E-state index is 13.2. The lowest BCUT2D eigenvalue weighted by molar-refractivity contribution is -0.117. The number of fused-ring (bicyclic) bond motifs is 1. The number of carbonyl (C=O) groups is 1. The molecule has 3 aromatic rings. The third-order valence-corrected chi connectivity index (χ3v) is 5.80. The van der Waals surface area contributed by atoms with Crippen LogP contribution >= 0.6 is 15.9 Å². The van der Waals surface area contributed by atoms with E-state index in [1.54, 1.807) is 10.9 Å². The highest BCUT2D eigenvalue weighted by atomic mass is 79.9. The molecule has 0 saturated heterocycles. The topological polar surface area (TPSA) is 99.0 Å². The number of nitrogens with one attached hydrogen (secondary N) is 1. The van der Waals surface area contributed by atoms with E-state index in [0.717, 1.165) is 21.5 Å². The Morgan fingerprint density at radius 3 is 2.85 bits per heavy atom. The summed E-state index contributed by atoms with van der Waals surface area (Å²) in [6.07, 6.45) is 2.70. The third-order valence-electron chi connectivity index (χ3n) is 5.08. The summed E-state index contributed by atoms with van der Waals surface area (Å²) in [6.45, 7) is 0. The average Bonchev–Trinajstić information content (AvgIpc) is 3.29. The molecular formula is C19H16BrN5O2. The van der Waals surface area contributed by atoms with E-state index >= 15 is 0 Å². The van der Waals surface area contributed by atoms with Gasteiger partial charge in [0, 0.05) is 28.1 Å². The summed E-state index contributed by atoms with van der Waals surface area (Å²) in [6, 6.07) is 11.2. The van der Waals surface area contributed by atoms with Crippen molar-refractivity contribution in [3.05, 3.63) is 69.7 Å². The number of halogens is 1. The number of allylic oxidation sites excluding steroid dienone is 2. The minimum Gasteiger partial charge on any atom is -0.469 e. The van der Waals surface area contributed by atoms with Crippen molar-refractivity contribution >= 4 is 33.6 Å². The summed E-state index contributed by atoms with van der Waals surface area (Å²) in [7, 11) is 0. The van der Waals surface area contributed by atoms with Gasteiger partial charge in [-0.1, -0.05) is 34.1 Å². The molecule has 3 heterocycles. The predicted octanol–water partition coefficient (Wildman–Crippen LogP) is 3.63. The molecule has 1 aliphatic carbocycles. The number of benzene rings is 1. The van der Waals surface area contributed by atoms with Crippen molar-refractivity contribution in [1.82, 2.24) is 14.8 Å². The number of carbonyl (C=O) groups excluding carboxylic acids is 1.